The Hall–Kier alpha value is -2.41. The molecule has 0 radical (unpaired) electrons. The van der Waals surface area contributed by atoms with Gasteiger partial charge in [-0.05, 0) is 66.1 Å². The molecule has 0 aliphatic rings. The molecule has 25 heavy (non-hydrogen) atoms. The molecule has 1 heterocycles. The zero-order valence-electron chi connectivity index (χ0n) is 16.2. The number of rotatable bonds is 3. The van der Waals surface area contributed by atoms with Crippen LogP contribution in [0.4, 0.5) is 0 Å². The molecule has 1 aromatic heterocycles. The van der Waals surface area contributed by atoms with E-state index in [2.05, 4.69) is 101 Å². The predicted molar refractivity (Wildman–Crippen MR) is 107 cm³/mol. The van der Waals surface area contributed by atoms with E-state index in [-0.39, 0.29) is 0 Å². The monoisotopic (exact) mass is 330 g/mol. The third kappa shape index (κ3) is 3.37. The summed E-state index contributed by atoms with van der Waals surface area (Å²) in [5.41, 5.74) is 10.6. The molecule has 3 rings (SSSR count). The van der Waals surface area contributed by atoms with E-state index in [1.165, 1.54) is 44.6 Å². The van der Waals surface area contributed by atoms with Gasteiger partial charge in [0.2, 0.25) is 5.69 Å². The number of aromatic nitrogens is 1. The van der Waals surface area contributed by atoms with E-state index >= 15 is 0 Å². The van der Waals surface area contributed by atoms with Crippen LogP contribution in [0.5, 0.6) is 0 Å². The fourth-order valence-electron chi connectivity index (χ4n) is 3.51. The predicted octanol–water partition coefficient (Wildman–Crippen LogP) is 5.89. The van der Waals surface area contributed by atoms with Gasteiger partial charge in [0.1, 0.15) is 7.05 Å². The summed E-state index contributed by atoms with van der Waals surface area (Å²) in [5, 5.41) is 0. The van der Waals surface area contributed by atoms with Crippen molar-refractivity contribution in [1.29, 1.82) is 0 Å². The molecule has 1 heteroatoms. The first-order valence-corrected chi connectivity index (χ1v) is 9.05. The zero-order chi connectivity index (χ0) is 18.1. The molecule has 128 valence electrons. The Labute approximate surface area is 152 Å². The summed E-state index contributed by atoms with van der Waals surface area (Å²) >= 11 is 0. The van der Waals surface area contributed by atoms with Crippen molar-refractivity contribution in [1.82, 2.24) is 0 Å². The third-order valence-corrected chi connectivity index (χ3v) is 5.12. The van der Waals surface area contributed by atoms with E-state index in [1.807, 2.05) is 0 Å². The number of hydrogen-bond donors (Lipinski definition) is 0. The van der Waals surface area contributed by atoms with Crippen molar-refractivity contribution in [2.75, 3.05) is 0 Å². The minimum Gasteiger partial charge on any atom is -0.201 e. The molecule has 0 bridgehead atoms. The summed E-state index contributed by atoms with van der Waals surface area (Å²) in [6.07, 6.45) is 2.18. The van der Waals surface area contributed by atoms with Crippen molar-refractivity contribution in [2.24, 2.45) is 7.05 Å². The first kappa shape index (κ1) is 17.4. The summed E-state index contributed by atoms with van der Waals surface area (Å²) in [7, 11) is 2.13. The Morgan fingerprint density at radius 3 is 2.08 bits per heavy atom. The topological polar surface area (TPSA) is 3.88 Å². The van der Waals surface area contributed by atoms with Crippen molar-refractivity contribution >= 4 is 0 Å². The molecule has 3 aromatic rings. The number of nitrogens with zero attached hydrogens (tertiary/aromatic N) is 1. The highest BCUT2D eigenvalue weighted by atomic mass is 14.9. The average Bonchev–Trinajstić information content (AvgIpc) is 2.56. The van der Waals surface area contributed by atoms with E-state index in [4.69, 9.17) is 0 Å². The van der Waals surface area contributed by atoms with Crippen LogP contribution in [0.15, 0.2) is 54.7 Å². The van der Waals surface area contributed by atoms with E-state index in [0.29, 0.717) is 5.92 Å². The summed E-state index contributed by atoms with van der Waals surface area (Å²) in [5.74, 6) is 0.529. The van der Waals surface area contributed by atoms with Crippen molar-refractivity contribution in [3.63, 3.8) is 0 Å². The van der Waals surface area contributed by atoms with E-state index in [9.17, 15) is 0 Å². The molecule has 2 aromatic carbocycles. The molecule has 0 aliphatic heterocycles. The Kier molecular flexibility index (Phi) is 4.76. The van der Waals surface area contributed by atoms with Crippen LogP contribution >= 0.6 is 0 Å². The molecular formula is C24H28N+. The number of benzene rings is 2. The van der Waals surface area contributed by atoms with Gasteiger partial charge in [0.05, 0.1) is 0 Å². The number of hydrogen-bond acceptors (Lipinski definition) is 0. The van der Waals surface area contributed by atoms with Gasteiger partial charge in [0.15, 0.2) is 6.20 Å². The van der Waals surface area contributed by atoms with Gasteiger partial charge in [-0.2, -0.15) is 0 Å². The molecule has 0 saturated heterocycles. The molecule has 1 nitrogen and oxygen atoms in total. The maximum absolute atomic E-state index is 2.37. The van der Waals surface area contributed by atoms with E-state index in [1.54, 1.807) is 0 Å². The highest BCUT2D eigenvalue weighted by molar-refractivity contribution is 5.77. The summed E-state index contributed by atoms with van der Waals surface area (Å²) in [4.78, 5) is 0. The normalized spacial score (nSPS) is 11.2. The minimum atomic E-state index is 0.529. The summed E-state index contributed by atoms with van der Waals surface area (Å²) in [6.45, 7) is 11.1. The molecule has 0 fully saturated rings. The molecule has 0 aliphatic carbocycles. The van der Waals surface area contributed by atoms with E-state index < -0.39 is 0 Å². The van der Waals surface area contributed by atoms with Gasteiger partial charge in [-0.1, -0.05) is 44.2 Å². The fraction of sp³-hybridized carbons (Fsp3) is 0.292. The number of pyridine rings is 1. The highest BCUT2D eigenvalue weighted by Gasteiger charge is 2.17. The first-order chi connectivity index (χ1) is 11.9. The van der Waals surface area contributed by atoms with Crippen LogP contribution in [0.3, 0.4) is 0 Å². The molecular weight excluding hydrogens is 302 g/mol. The Balaban J connectivity index is 2.24. The lowest BCUT2D eigenvalue weighted by Crippen LogP contribution is -2.31. The van der Waals surface area contributed by atoms with Crippen LogP contribution in [-0.4, -0.2) is 0 Å². The maximum atomic E-state index is 2.37. The Morgan fingerprint density at radius 2 is 1.40 bits per heavy atom. The van der Waals surface area contributed by atoms with Crippen LogP contribution in [0.2, 0.25) is 0 Å². The van der Waals surface area contributed by atoms with Crippen molar-refractivity contribution in [3.05, 3.63) is 77.0 Å². The average molecular weight is 330 g/mol. The third-order valence-electron chi connectivity index (χ3n) is 5.12. The van der Waals surface area contributed by atoms with Crippen LogP contribution in [0.25, 0.3) is 22.4 Å². The molecule has 0 atom stereocenters. The Bertz CT molecular complexity index is 919. The smallest absolute Gasteiger partial charge is 0.201 e. The molecule has 0 N–H and O–H groups in total. The van der Waals surface area contributed by atoms with Crippen molar-refractivity contribution in [2.45, 2.75) is 40.5 Å². The van der Waals surface area contributed by atoms with Crippen molar-refractivity contribution < 1.29 is 4.57 Å². The standard InChI is InChI=1S/C24H28N/c1-16(2)20-11-12-25(6)24(14-20)23-15-22(18(4)13-19(23)5)21-10-8-7-9-17(21)3/h7-16H,1-6H3/q+1. The van der Waals surface area contributed by atoms with Crippen molar-refractivity contribution in [3.8, 4) is 22.4 Å². The van der Waals surface area contributed by atoms with Gasteiger partial charge >= 0.3 is 0 Å². The van der Waals surface area contributed by atoms with Gasteiger partial charge in [-0.25, -0.2) is 4.57 Å². The summed E-state index contributed by atoms with van der Waals surface area (Å²) in [6, 6.07) is 17.9. The van der Waals surface area contributed by atoms with Gasteiger partial charge in [0, 0.05) is 17.7 Å². The van der Waals surface area contributed by atoms with Gasteiger partial charge in [0.25, 0.3) is 0 Å². The lowest BCUT2D eigenvalue weighted by molar-refractivity contribution is -0.660. The summed E-state index contributed by atoms with van der Waals surface area (Å²) < 4.78 is 2.23. The zero-order valence-corrected chi connectivity index (χ0v) is 16.2. The first-order valence-electron chi connectivity index (χ1n) is 9.05. The molecule has 0 saturated carbocycles. The minimum absolute atomic E-state index is 0.529. The molecule has 0 amide bonds. The lowest BCUT2D eigenvalue weighted by atomic mass is 9.90. The van der Waals surface area contributed by atoms with Gasteiger partial charge in [-0.3, -0.25) is 0 Å². The fourth-order valence-corrected chi connectivity index (χ4v) is 3.51. The van der Waals surface area contributed by atoms with Gasteiger partial charge in [-0.15, -0.1) is 0 Å². The second-order valence-corrected chi connectivity index (χ2v) is 7.41. The van der Waals surface area contributed by atoms with Crippen LogP contribution in [0.1, 0.15) is 42.0 Å². The largest absolute Gasteiger partial charge is 0.212 e. The quantitative estimate of drug-likeness (QED) is 0.527. The van der Waals surface area contributed by atoms with E-state index in [0.717, 1.165) is 0 Å². The molecule has 0 spiro atoms. The van der Waals surface area contributed by atoms with Crippen LogP contribution in [-0.2, 0) is 7.05 Å². The SMILES string of the molecule is Cc1ccccc1-c1cc(-c2cc(C(C)C)cc[n+]2C)c(C)cc1C. The second-order valence-electron chi connectivity index (χ2n) is 7.41. The number of aryl methyl sites for hydroxylation is 4. The Morgan fingerprint density at radius 1 is 0.720 bits per heavy atom. The molecule has 0 unspecified atom stereocenters. The maximum Gasteiger partial charge on any atom is 0.212 e. The van der Waals surface area contributed by atoms with Crippen LogP contribution in [0, 0.1) is 20.8 Å². The highest BCUT2D eigenvalue weighted by Crippen LogP contribution is 2.33. The lowest BCUT2D eigenvalue weighted by Gasteiger charge is -2.14. The second kappa shape index (κ2) is 6.84. The van der Waals surface area contributed by atoms with Crippen LogP contribution < -0.4 is 4.57 Å². The van der Waals surface area contributed by atoms with Gasteiger partial charge < -0.3 is 0 Å².